The fourth-order valence-corrected chi connectivity index (χ4v) is 2.32. The van der Waals surface area contributed by atoms with Crippen molar-refractivity contribution in [2.45, 2.75) is 32.1 Å². The maximum absolute atomic E-state index is 12.0. The average molecular weight is 277 g/mol. The maximum atomic E-state index is 12.0. The normalized spacial score (nSPS) is 21.8. The van der Waals surface area contributed by atoms with Crippen molar-refractivity contribution in [2.75, 3.05) is 13.2 Å². The summed E-state index contributed by atoms with van der Waals surface area (Å²) in [6.45, 7) is 3.08. The predicted octanol–water partition coefficient (Wildman–Crippen LogP) is 2.00. The van der Waals surface area contributed by atoms with E-state index in [0.717, 1.165) is 11.8 Å². The lowest BCUT2D eigenvalue weighted by atomic mass is 10.2. The Morgan fingerprint density at radius 2 is 2.15 bits per heavy atom. The Kier molecular flexibility index (Phi) is 5.12. The van der Waals surface area contributed by atoms with Crippen LogP contribution < -0.4 is 0 Å². The van der Waals surface area contributed by atoms with Crippen LogP contribution in [0.5, 0.6) is 0 Å². The van der Waals surface area contributed by atoms with Crippen LogP contribution in [0.15, 0.2) is 30.3 Å². The lowest BCUT2D eigenvalue weighted by Gasteiger charge is -2.19. The van der Waals surface area contributed by atoms with Crippen molar-refractivity contribution in [1.29, 1.82) is 0 Å². The van der Waals surface area contributed by atoms with E-state index in [0.29, 0.717) is 19.6 Å². The third kappa shape index (κ3) is 3.57. The first kappa shape index (κ1) is 14.5. The van der Waals surface area contributed by atoms with Gasteiger partial charge < -0.3 is 14.3 Å². The third-order valence-corrected chi connectivity index (χ3v) is 3.30. The molecular formula is C15H19NO4. The van der Waals surface area contributed by atoms with Crippen molar-refractivity contribution in [3.8, 4) is 0 Å². The fraction of sp³-hybridized carbons (Fsp3) is 0.467. The van der Waals surface area contributed by atoms with Crippen molar-refractivity contribution in [3.63, 3.8) is 0 Å². The summed E-state index contributed by atoms with van der Waals surface area (Å²) in [5, 5.41) is 0. The van der Waals surface area contributed by atoms with Crippen LogP contribution in [0.1, 0.15) is 18.9 Å². The lowest BCUT2D eigenvalue weighted by Crippen LogP contribution is -2.37. The summed E-state index contributed by atoms with van der Waals surface area (Å²) in [4.78, 5) is 24.5. The molecular weight excluding hydrogens is 258 g/mol. The number of benzene rings is 1. The molecule has 0 bridgehead atoms. The van der Waals surface area contributed by atoms with Gasteiger partial charge in [-0.05, 0) is 12.5 Å². The second-order valence-electron chi connectivity index (χ2n) is 4.71. The minimum Gasteiger partial charge on any atom is -0.445 e. The number of rotatable bonds is 5. The lowest BCUT2D eigenvalue weighted by molar-refractivity contribution is -0.111. The fourth-order valence-electron chi connectivity index (χ4n) is 2.32. The van der Waals surface area contributed by atoms with Gasteiger partial charge in [0, 0.05) is 13.0 Å². The molecule has 1 aliphatic rings. The zero-order valence-electron chi connectivity index (χ0n) is 11.5. The minimum absolute atomic E-state index is 0.0838. The van der Waals surface area contributed by atoms with Gasteiger partial charge in [0.15, 0.2) is 0 Å². The summed E-state index contributed by atoms with van der Waals surface area (Å²) < 4.78 is 10.7. The topological polar surface area (TPSA) is 55.8 Å². The first-order valence-corrected chi connectivity index (χ1v) is 6.78. The van der Waals surface area contributed by atoms with Crippen LogP contribution in [0.3, 0.4) is 0 Å². The standard InChI is InChI=1S/C15H19NO4/c1-2-19-14-8-13(10-17)16(9-14)15(18)20-11-12-6-4-3-5-7-12/h3-7,10,13-14H,2,8-9,11H2,1H3/t13-,14-/m1/s1. The number of amides is 1. The van der Waals surface area contributed by atoms with Crippen LogP contribution in [0.4, 0.5) is 4.79 Å². The van der Waals surface area contributed by atoms with E-state index in [9.17, 15) is 9.59 Å². The molecule has 20 heavy (non-hydrogen) atoms. The van der Waals surface area contributed by atoms with Crippen LogP contribution in [0.25, 0.3) is 0 Å². The first-order chi connectivity index (χ1) is 9.74. The number of nitrogens with zero attached hydrogens (tertiary/aromatic N) is 1. The number of ether oxygens (including phenoxy) is 2. The molecule has 5 heteroatoms. The zero-order chi connectivity index (χ0) is 14.4. The van der Waals surface area contributed by atoms with Gasteiger partial charge in [-0.25, -0.2) is 4.79 Å². The van der Waals surface area contributed by atoms with Crippen LogP contribution >= 0.6 is 0 Å². The Labute approximate surface area is 118 Å². The number of likely N-dealkylation sites (tertiary alicyclic amines) is 1. The summed E-state index contributed by atoms with van der Waals surface area (Å²) in [7, 11) is 0. The summed E-state index contributed by atoms with van der Waals surface area (Å²) in [6.07, 6.45) is 0.772. The van der Waals surface area contributed by atoms with E-state index >= 15 is 0 Å². The first-order valence-electron chi connectivity index (χ1n) is 6.78. The Morgan fingerprint density at radius 1 is 1.40 bits per heavy atom. The van der Waals surface area contributed by atoms with E-state index in [2.05, 4.69) is 0 Å². The van der Waals surface area contributed by atoms with Gasteiger partial charge in [-0.3, -0.25) is 4.90 Å². The smallest absolute Gasteiger partial charge is 0.410 e. The van der Waals surface area contributed by atoms with Gasteiger partial charge in [0.05, 0.1) is 18.7 Å². The van der Waals surface area contributed by atoms with Gasteiger partial charge in [0.2, 0.25) is 0 Å². The highest BCUT2D eigenvalue weighted by molar-refractivity contribution is 5.74. The monoisotopic (exact) mass is 277 g/mol. The predicted molar refractivity (Wildman–Crippen MR) is 73.2 cm³/mol. The third-order valence-electron chi connectivity index (χ3n) is 3.30. The Hall–Kier alpha value is -1.88. The van der Waals surface area contributed by atoms with Crippen molar-refractivity contribution in [3.05, 3.63) is 35.9 Å². The van der Waals surface area contributed by atoms with Gasteiger partial charge in [-0.2, -0.15) is 0 Å². The van der Waals surface area contributed by atoms with Crippen LogP contribution in [0, 0.1) is 0 Å². The van der Waals surface area contributed by atoms with E-state index in [-0.39, 0.29) is 12.7 Å². The van der Waals surface area contributed by atoms with Crippen LogP contribution in [-0.2, 0) is 20.9 Å². The molecule has 0 radical (unpaired) electrons. The average Bonchev–Trinajstić information content (AvgIpc) is 2.89. The van der Waals surface area contributed by atoms with Crippen molar-refractivity contribution in [1.82, 2.24) is 4.90 Å². The maximum Gasteiger partial charge on any atom is 0.410 e. The molecule has 0 aromatic heterocycles. The number of aldehydes is 1. The number of carbonyl (C=O) groups excluding carboxylic acids is 2. The van der Waals surface area contributed by atoms with E-state index < -0.39 is 12.1 Å². The summed E-state index contributed by atoms with van der Waals surface area (Å²) in [6, 6.07) is 9.00. The van der Waals surface area contributed by atoms with Gasteiger partial charge in [-0.1, -0.05) is 30.3 Å². The number of carbonyl (C=O) groups is 2. The van der Waals surface area contributed by atoms with Crippen LogP contribution in [-0.4, -0.2) is 42.6 Å². The zero-order valence-corrected chi connectivity index (χ0v) is 11.5. The molecule has 0 unspecified atom stereocenters. The molecule has 1 heterocycles. The molecule has 108 valence electrons. The van der Waals surface area contributed by atoms with Gasteiger partial charge in [0.1, 0.15) is 12.9 Å². The Morgan fingerprint density at radius 3 is 2.80 bits per heavy atom. The van der Waals surface area contributed by atoms with E-state index in [1.54, 1.807) is 0 Å². The number of hydrogen-bond acceptors (Lipinski definition) is 4. The largest absolute Gasteiger partial charge is 0.445 e. The van der Waals surface area contributed by atoms with Gasteiger partial charge in [0.25, 0.3) is 0 Å². The summed E-state index contributed by atoms with van der Waals surface area (Å²) in [5.74, 6) is 0. The molecule has 0 aliphatic carbocycles. The highest BCUT2D eigenvalue weighted by atomic mass is 16.6. The highest BCUT2D eigenvalue weighted by Gasteiger charge is 2.36. The molecule has 1 aliphatic heterocycles. The molecule has 1 amide bonds. The van der Waals surface area contributed by atoms with E-state index in [4.69, 9.17) is 9.47 Å². The SMILES string of the molecule is CCO[C@@H]1C[C@H](C=O)N(C(=O)OCc2ccccc2)C1. The molecule has 1 aromatic rings. The molecule has 0 N–H and O–H groups in total. The Bertz CT molecular complexity index is 448. The molecule has 1 fully saturated rings. The molecule has 5 nitrogen and oxygen atoms in total. The molecule has 0 spiro atoms. The van der Waals surface area contributed by atoms with Crippen LogP contribution in [0.2, 0.25) is 0 Å². The van der Waals surface area contributed by atoms with Crippen molar-refractivity contribution >= 4 is 12.4 Å². The Balaban J connectivity index is 1.89. The number of hydrogen-bond donors (Lipinski definition) is 0. The second-order valence-corrected chi connectivity index (χ2v) is 4.71. The van der Waals surface area contributed by atoms with Crippen molar-refractivity contribution in [2.24, 2.45) is 0 Å². The molecule has 2 rings (SSSR count). The van der Waals surface area contributed by atoms with Crippen molar-refractivity contribution < 1.29 is 19.1 Å². The molecule has 1 saturated heterocycles. The highest BCUT2D eigenvalue weighted by Crippen LogP contribution is 2.20. The van der Waals surface area contributed by atoms with Gasteiger partial charge in [-0.15, -0.1) is 0 Å². The van der Waals surface area contributed by atoms with E-state index in [1.165, 1.54) is 4.90 Å². The molecule has 2 atom stereocenters. The minimum atomic E-state index is -0.465. The van der Waals surface area contributed by atoms with E-state index in [1.807, 2.05) is 37.3 Å². The molecule has 0 saturated carbocycles. The quantitative estimate of drug-likeness (QED) is 0.772. The second kappa shape index (κ2) is 7.05. The molecule has 1 aromatic carbocycles. The summed E-state index contributed by atoms with van der Waals surface area (Å²) in [5.41, 5.74) is 0.920. The van der Waals surface area contributed by atoms with Gasteiger partial charge >= 0.3 is 6.09 Å². The summed E-state index contributed by atoms with van der Waals surface area (Å²) >= 11 is 0.